The van der Waals surface area contributed by atoms with Crippen LogP contribution in [-0.2, 0) is 6.54 Å². The minimum Gasteiger partial charge on any atom is -0.399 e. The Bertz CT molecular complexity index is 275. The number of nitrogens with one attached hydrogen (secondary N) is 1. The largest absolute Gasteiger partial charge is 0.399 e. The first kappa shape index (κ1) is 9.81. The molecule has 0 atom stereocenters. The average molecular weight is 176 g/mol. The van der Waals surface area contributed by atoms with Crippen molar-refractivity contribution in [1.82, 2.24) is 5.32 Å². The zero-order chi connectivity index (χ0) is 9.68. The molecule has 2 nitrogen and oxygen atoms in total. The number of hydrogen-bond donors (Lipinski definition) is 2. The first-order valence-electron chi connectivity index (χ1n) is 4.38. The van der Waals surface area contributed by atoms with E-state index in [1.54, 1.807) is 0 Å². The maximum absolute atomic E-state index is 5.57. The molecule has 0 aliphatic carbocycles. The summed E-state index contributed by atoms with van der Waals surface area (Å²) in [5.41, 5.74) is 8.77. The van der Waals surface area contributed by atoms with Gasteiger partial charge >= 0.3 is 0 Å². The highest BCUT2D eigenvalue weighted by Crippen LogP contribution is 2.04. The maximum atomic E-state index is 5.57. The highest BCUT2D eigenvalue weighted by Gasteiger charge is 1.91. The molecule has 70 valence electrons. The van der Waals surface area contributed by atoms with Crippen LogP contribution in [0.2, 0.25) is 0 Å². The predicted molar refractivity (Wildman–Crippen MR) is 57.4 cm³/mol. The van der Waals surface area contributed by atoms with Crippen molar-refractivity contribution < 1.29 is 0 Å². The van der Waals surface area contributed by atoms with Gasteiger partial charge in [0.05, 0.1) is 0 Å². The van der Waals surface area contributed by atoms with Crippen LogP contribution in [0.1, 0.15) is 12.5 Å². The van der Waals surface area contributed by atoms with Crippen molar-refractivity contribution in [3.05, 3.63) is 42.0 Å². The molecule has 0 radical (unpaired) electrons. The van der Waals surface area contributed by atoms with Crippen LogP contribution in [0.3, 0.4) is 0 Å². The number of benzene rings is 1. The number of nitrogen functional groups attached to an aromatic ring is 1. The van der Waals surface area contributed by atoms with Crippen LogP contribution in [0.25, 0.3) is 0 Å². The molecular formula is C11H16N2. The van der Waals surface area contributed by atoms with Gasteiger partial charge in [0.25, 0.3) is 0 Å². The summed E-state index contributed by atoms with van der Waals surface area (Å²) in [7, 11) is 0. The zero-order valence-electron chi connectivity index (χ0n) is 8.01. The van der Waals surface area contributed by atoms with Crippen LogP contribution < -0.4 is 11.1 Å². The van der Waals surface area contributed by atoms with Gasteiger partial charge in [0, 0.05) is 18.8 Å². The average Bonchev–Trinajstić information content (AvgIpc) is 2.08. The van der Waals surface area contributed by atoms with Crippen LogP contribution in [0.15, 0.2) is 36.4 Å². The fraction of sp³-hybridized carbons (Fsp3) is 0.273. The van der Waals surface area contributed by atoms with Crippen molar-refractivity contribution in [1.29, 1.82) is 0 Å². The van der Waals surface area contributed by atoms with Gasteiger partial charge in [0.1, 0.15) is 0 Å². The van der Waals surface area contributed by atoms with Gasteiger partial charge in [-0.2, -0.15) is 0 Å². The second-order valence-corrected chi connectivity index (χ2v) is 3.30. The van der Waals surface area contributed by atoms with E-state index in [-0.39, 0.29) is 0 Å². The molecule has 3 N–H and O–H groups in total. The standard InChI is InChI=1S/C11H16N2/c1-9(2)7-13-8-10-3-5-11(12)6-4-10/h3-6,13H,1,7-8,12H2,2H3. The molecule has 0 fully saturated rings. The van der Waals surface area contributed by atoms with Gasteiger partial charge in [-0.15, -0.1) is 0 Å². The number of rotatable bonds is 4. The lowest BCUT2D eigenvalue weighted by Gasteiger charge is -2.04. The van der Waals surface area contributed by atoms with Crippen LogP contribution in [-0.4, -0.2) is 6.54 Å². The molecule has 0 aliphatic rings. The first-order chi connectivity index (χ1) is 6.18. The van der Waals surface area contributed by atoms with E-state index in [2.05, 4.69) is 11.9 Å². The van der Waals surface area contributed by atoms with E-state index in [9.17, 15) is 0 Å². The molecule has 0 saturated carbocycles. The smallest absolute Gasteiger partial charge is 0.0314 e. The van der Waals surface area contributed by atoms with Crippen LogP contribution in [0.4, 0.5) is 5.69 Å². The quantitative estimate of drug-likeness (QED) is 0.543. The number of hydrogen-bond acceptors (Lipinski definition) is 2. The molecular weight excluding hydrogens is 160 g/mol. The minimum absolute atomic E-state index is 0.809. The molecule has 0 bridgehead atoms. The molecule has 1 aromatic carbocycles. The normalized spacial score (nSPS) is 9.92. The van der Waals surface area contributed by atoms with E-state index in [0.29, 0.717) is 0 Å². The van der Waals surface area contributed by atoms with Crippen LogP contribution in [0.5, 0.6) is 0 Å². The van der Waals surface area contributed by atoms with Crippen molar-refractivity contribution in [3.8, 4) is 0 Å². The summed E-state index contributed by atoms with van der Waals surface area (Å²) in [6, 6.07) is 7.89. The van der Waals surface area contributed by atoms with E-state index in [1.165, 1.54) is 5.56 Å². The van der Waals surface area contributed by atoms with E-state index in [4.69, 9.17) is 5.73 Å². The second-order valence-electron chi connectivity index (χ2n) is 3.30. The third-order valence-electron chi connectivity index (χ3n) is 1.74. The Balaban J connectivity index is 2.37. The summed E-state index contributed by atoms with van der Waals surface area (Å²) < 4.78 is 0. The van der Waals surface area contributed by atoms with Crippen molar-refractivity contribution in [3.63, 3.8) is 0 Å². The van der Waals surface area contributed by atoms with Gasteiger partial charge in [-0.05, 0) is 24.6 Å². The van der Waals surface area contributed by atoms with Gasteiger partial charge < -0.3 is 11.1 Å². The van der Waals surface area contributed by atoms with E-state index in [1.807, 2.05) is 31.2 Å². The Morgan fingerprint density at radius 2 is 2.00 bits per heavy atom. The fourth-order valence-corrected chi connectivity index (χ4v) is 1.06. The Morgan fingerprint density at radius 3 is 2.54 bits per heavy atom. The minimum atomic E-state index is 0.809. The molecule has 0 heterocycles. The van der Waals surface area contributed by atoms with Gasteiger partial charge in [0.2, 0.25) is 0 Å². The van der Waals surface area contributed by atoms with E-state index >= 15 is 0 Å². The van der Waals surface area contributed by atoms with E-state index < -0.39 is 0 Å². The summed E-state index contributed by atoms with van der Waals surface area (Å²) in [6.45, 7) is 7.56. The van der Waals surface area contributed by atoms with Crippen LogP contribution in [0, 0.1) is 0 Å². The molecule has 0 amide bonds. The monoisotopic (exact) mass is 176 g/mol. The SMILES string of the molecule is C=C(C)CNCc1ccc(N)cc1. The Kier molecular flexibility index (Phi) is 3.53. The number of nitrogens with two attached hydrogens (primary N) is 1. The van der Waals surface area contributed by atoms with Crippen molar-refractivity contribution in [2.45, 2.75) is 13.5 Å². The topological polar surface area (TPSA) is 38.0 Å². The number of anilines is 1. The Morgan fingerprint density at radius 1 is 1.38 bits per heavy atom. The summed E-state index contributed by atoms with van der Waals surface area (Å²) >= 11 is 0. The summed E-state index contributed by atoms with van der Waals surface area (Å²) in [4.78, 5) is 0. The molecule has 0 spiro atoms. The van der Waals surface area contributed by atoms with Gasteiger partial charge in [-0.3, -0.25) is 0 Å². The predicted octanol–water partition coefficient (Wildman–Crippen LogP) is 1.93. The Labute approximate surface area is 79.5 Å². The highest BCUT2D eigenvalue weighted by atomic mass is 14.8. The van der Waals surface area contributed by atoms with Crippen molar-refractivity contribution >= 4 is 5.69 Å². The highest BCUT2D eigenvalue weighted by molar-refractivity contribution is 5.39. The van der Waals surface area contributed by atoms with Crippen LogP contribution >= 0.6 is 0 Å². The maximum Gasteiger partial charge on any atom is 0.0314 e. The Hall–Kier alpha value is -1.28. The molecule has 2 heteroatoms. The zero-order valence-corrected chi connectivity index (χ0v) is 8.01. The van der Waals surface area contributed by atoms with Gasteiger partial charge in [-0.1, -0.05) is 24.3 Å². The third kappa shape index (κ3) is 3.76. The molecule has 0 aromatic heterocycles. The lowest BCUT2D eigenvalue weighted by Crippen LogP contribution is -2.14. The summed E-state index contributed by atoms with van der Waals surface area (Å²) in [5, 5.41) is 3.28. The van der Waals surface area contributed by atoms with Gasteiger partial charge in [0.15, 0.2) is 0 Å². The second kappa shape index (κ2) is 4.67. The summed E-state index contributed by atoms with van der Waals surface area (Å²) in [5.74, 6) is 0. The lowest BCUT2D eigenvalue weighted by molar-refractivity contribution is 0.741. The molecule has 1 rings (SSSR count). The summed E-state index contributed by atoms with van der Waals surface area (Å²) in [6.07, 6.45) is 0. The third-order valence-corrected chi connectivity index (χ3v) is 1.74. The molecule has 0 unspecified atom stereocenters. The molecule has 0 aliphatic heterocycles. The van der Waals surface area contributed by atoms with Gasteiger partial charge in [-0.25, -0.2) is 0 Å². The fourth-order valence-electron chi connectivity index (χ4n) is 1.06. The lowest BCUT2D eigenvalue weighted by atomic mass is 10.2. The van der Waals surface area contributed by atoms with Crippen molar-refractivity contribution in [2.24, 2.45) is 0 Å². The molecule has 0 saturated heterocycles. The molecule has 13 heavy (non-hydrogen) atoms. The van der Waals surface area contributed by atoms with E-state index in [0.717, 1.165) is 24.4 Å². The first-order valence-corrected chi connectivity index (χ1v) is 4.38. The van der Waals surface area contributed by atoms with Crippen molar-refractivity contribution in [2.75, 3.05) is 12.3 Å². The molecule has 1 aromatic rings.